The zero-order valence-corrected chi connectivity index (χ0v) is 7.75. The van der Waals surface area contributed by atoms with Crippen molar-refractivity contribution in [1.29, 1.82) is 0 Å². The Morgan fingerprint density at radius 2 is 0.917 bits per heavy atom. The highest BCUT2D eigenvalue weighted by molar-refractivity contribution is 6.15. The fourth-order valence-electron chi connectivity index (χ4n) is 1.13. The Labute approximate surface area is 77.8 Å². The van der Waals surface area contributed by atoms with E-state index in [-0.39, 0.29) is 0 Å². The first-order valence-corrected chi connectivity index (χ1v) is 4.54. The number of rotatable bonds is 0. The molecule has 0 aliphatic carbocycles. The molecule has 0 radical (unpaired) electrons. The molecule has 0 atom stereocenters. The molecular formula is C11H11Cl. The zero-order valence-electron chi connectivity index (χ0n) is 7.00. The molecule has 0 aliphatic heterocycles. The normalized spacial score (nSPS) is 8.83. The topological polar surface area (TPSA) is 0 Å². The van der Waals surface area contributed by atoms with Gasteiger partial charge in [-0.3, -0.25) is 0 Å². The molecule has 0 heterocycles. The molecule has 1 heteroatoms. The summed E-state index contributed by atoms with van der Waals surface area (Å²) >= 11 is 4.64. The summed E-state index contributed by atoms with van der Waals surface area (Å²) in [5, 5.41) is 2.62. The van der Waals surface area contributed by atoms with Crippen molar-refractivity contribution < 1.29 is 0 Å². The fourth-order valence-corrected chi connectivity index (χ4v) is 1.13. The Morgan fingerprint density at radius 3 is 1.17 bits per heavy atom. The summed E-state index contributed by atoms with van der Waals surface area (Å²) < 4.78 is 0. The Bertz CT molecular complexity index is 276. The van der Waals surface area contributed by atoms with Gasteiger partial charge in [0.25, 0.3) is 0 Å². The van der Waals surface area contributed by atoms with Crippen LogP contribution in [-0.2, 0) is 0 Å². The maximum Gasteiger partial charge on any atom is 0.0108 e. The molecule has 62 valence electrons. The fraction of sp³-hybridized carbons (Fsp3) is 0.0909. The molecule has 2 aromatic rings. The molecule has 12 heavy (non-hydrogen) atoms. The van der Waals surface area contributed by atoms with Crippen LogP contribution in [0, 0.1) is 0 Å². The molecule has 0 N–H and O–H groups in total. The van der Waals surface area contributed by atoms with Crippen molar-refractivity contribution in [3.63, 3.8) is 0 Å². The maximum atomic E-state index is 4.64. The number of hydrogen-bond donors (Lipinski definition) is 0. The Hall–Kier alpha value is -1.01. The van der Waals surface area contributed by atoms with Crippen molar-refractivity contribution in [1.82, 2.24) is 0 Å². The molecule has 0 spiro atoms. The van der Waals surface area contributed by atoms with Crippen molar-refractivity contribution in [2.24, 2.45) is 0 Å². The highest BCUT2D eigenvalue weighted by atomic mass is 35.5. The third kappa shape index (κ3) is 1.99. The molecule has 0 bridgehead atoms. The second-order valence-corrected chi connectivity index (χ2v) is 2.35. The van der Waals surface area contributed by atoms with Crippen molar-refractivity contribution in [3.05, 3.63) is 48.5 Å². The van der Waals surface area contributed by atoms with E-state index in [1.165, 1.54) is 17.2 Å². The minimum absolute atomic E-state index is 1.31. The van der Waals surface area contributed by atoms with Gasteiger partial charge < -0.3 is 0 Å². The van der Waals surface area contributed by atoms with Gasteiger partial charge in [-0.15, -0.1) is 11.6 Å². The van der Waals surface area contributed by atoms with Crippen LogP contribution in [0.1, 0.15) is 0 Å². The second kappa shape index (κ2) is 4.78. The lowest BCUT2D eigenvalue weighted by Crippen LogP contribution is -1.67. The second-order valence-electron chi connectivity index (χ2n) is 2.35. The maximum absolute atomic E-state index is 4.64. The van der Waals surface area contributed by atoms with Crippen molar-refractivity contribution in [2.45, 2.75) is 0 Å². The lowest BCUT2D eigenvalue weighted by atomic mass is 10.1. The molecule has 2 rings (SSSR count). The van der Waals surface area contributed by atoms with Gasteiger partial charge in [-0.1, -0.05) is 48.5 Å². The average Bonchev–Trinajstić information content (AvgIpc) is 2.21. The van der Waals surface area contributed by atoms with Gasteiger partial charge in [0.2, 0.25) is 0 Å². The molecular weight excluding hydrogens is 168 g/mol. The van der Waals surface area contributed by atoms with Gasteiger partial charge in [0, 0.05) is 6.38 Å². The van der Waals surface area contributed by atoms with Crippen LogP contribution < -0.4 is 0 Å². The van der Waals surface area contributed by atoms with E-state index in [0.717, 1.165) is 0 Å². The van der Waals surface area contributed by atoms with Crippen LogP contribution in [0.3, 0.4) is 0 Å². The summed E-state index contributed by atoms with van der Waals surface area (Å²) in [5.74, 6) is 0. The summed E-state index contributed by atoms with van der Waals surface area (Å²) in [7, 11) is 0. The molecule has 0 fully saturated rings. The first kappa shape index (κ1) is 9.08. The lowest BCUT2D eigenvalue weighted by Gasteiger charge is -1.92. The minimum Gasteiger partial charge on any atom is -0.130 e. The smallest absolute Gasteiger partial charge is 0.0108 e. The summed E-state index contributed by atoms with van der Waals surface area (Å²) in [6, 6.07) is 16.7. The van der Waals surface area contributed by atoms with Crippen molar-refractivity contribution in [2.75, 3.05) is 6.38 Å². The van der Waals surface area contributed by atoms with Crippen LogP contribution in [0.2, 0.25) is 0 Å². The SMILES string of the molecule is CCl.c1ccc2ccccc2c1. The van der Waals surface area contributed by atoms with Gasteiger partial charge in [-0.05, 0) is 10.8 Å². The summed E-state index contributed by atoms with van der Waals surface area (Å²) in [5.41, 5.74) is 0. The minimum atomic E-state index is 1.31. The zero-order chi connectivity index (χ0) is 8.81. The third-order valence-electron chi connectivity index (χ3n) is 1.66. The quantitative estimate of drug-likeness (QED) is 0.540. The number of halogens is 1. The summed E-state index contributed by atoms with van der Waals surface area (Å²) in [6.45, 7) is 0. The van der Waals surface area contributed by atoms with Crippen LogP contribution in [0.4, 0.5) is 0 Å². The van der Waals surface area contributed by atoms with E-state index in [9.17, 15) is 0 Å². The number of benzene rings is 2. The van der Waals surface area contributed by atoms with Crippen LogP contribution in [0.15, 0.2) is 48.5 Å². The Kier molecular flexibility index (Phi) is 3.62. The van der Waals surface area contributed by atoms with Crippen molar-refractivity contribution in [3.8, 4) is 0 Å². The predicted molar refractivity (Wildman–Crippen MR) is 55.7 cm³/mol. The lowest BCUT2D eigenvalue weighted by molar-refractivity contribution is 1.75. The predicted octanol–water partition coefficient (Wildman–Crippen LogP) is 3.69. The van der Waals surface area contributed by atoms with E-state index in [4.69, 9.17) is 0 Å². The first-order valence-electron chi connectivity index (χ1n) is 3.78. The van der Waals surface area contributed by atoms with Crippen LogP contribution in [-0.4, -0.2) is 6.38 Å². The largest absolute Gasteiger partial charge is 0.130 e. The Morgan fingerprint density at radius 1 is 0.667 bits per heavy atom. The van der Waals surface area contributed by atoms with Crippen LogP contribution in [0.25, 0.3) is 10.8 Å². The van der Waals surface area contributed by atoms with Gasteiger partial charge in [0.15, 0.2) is 0 Å². The first-order chi connectivity index (χ1) is 5.97. The summed E-state index contributed by atoms with van der Waals surface area (Å²) in [4.78, 5) is 0. The Balaban J connectivity index is 0.000000336. The highest BCUT2D eigenvalue weighted by Gasteiger charge is 1.85. The van der Waals surface area contributed by atoms with Crippen LogP contribution in [0.5, 0.6) is 0 Å². The molecule has 0 saturated carbocycles. The molecule has 2 aromatic carbocycles. The highest BCUT2D eigenvalue weighted by Crippen LogP contribution is 2.11. The monoisotopic (exact) mass is 178 g/mol. The standard InChI is InChI=1S/C10H8.CH3Cl/c1-2-6-10-8-4-3-7-9(10)5-1;1-2/h1-8H;1H3. The number of fused-ring (bicyclic) bond motifs is 1. The van der Waals surface area contributed by atoms with E-state index in [0.29, 0.717) is 0 Å². The van der Waals surface area contributed by atoms with Gasteiger partial charge in [0.1, 0.15) is 0 Å². The van der Waals surface area contributed by atoms with Gasteiger partial charge in [0.05, 0.1) is 0 Å². The van der Waals surface area contributed by atoms with Gasteiger partial charge >= 0.3 is 0 Å². The van der Waals surface area contributed by atoms with E-state index in [1.54, 1.807) is 0 Å². The van der Waals surface area contributed by atoms with E-state index in [1.807, 2.05) is 0 Å². The van der Waals surface area contributed by atoms with E-state index in [2.05, 4.69) is 60.1 Å². The molecule has 0 nitrogen and oxygen atoms in total. The molecule has 0 aliphatic rings. The van der Waals surface area contributed by atoms with Gasteiger partial charge in [-0.2, -0.15) is 0 Å². The van der Waals surface area contributed by atoms with Crippen molar-refractivity contribution >= 4 is 22.4 Å². The molecule has 0 unspecified atom stereocenters. The molecule has 0 amide bonds. The number of alkyl halides is 1. The molecule has 0 aromatic heterocycles. The third-order valence-corrected chi connectivity index (χ3v) is 1.66. The summed E-state index contributed by atoms with van der Waals surface area (Å²) in [6.07, 6.45) is 1.47. The number of hydrogen-bond acceptors (Lipinski definition) is 0. The van der Waals surface area contributed by atoms with Crippen LogP contribution >= 0.6 is 11.6 Å². The average molecular weight is 179 g/mol. The molecule has 0 saturated heterocycles. The van der Waals surface area contributed by atoms with Gasteiger partial charge in [-0.25, -0.2) is 0 Å². The van der Waals surface area contributed by atoms with E-state index < -0.39 is 0 Å². The van der Waals surface area contributed by atoms with E-state index >= 15 is 0 Å².